The summed E-state index contributed by atoms with van der Waals surface area (Å²) in [6.45, 7) is 41.6. The predicted octanol–water partition coefficient (Wildman–Crippen LogP) is 13.2. The van der Waals surface area contributed by atoms with Gasteiger partial charge >= 0.3 is 354 Å². The van der Waals surface area contributed by atoms with Gasteiger partial charge in [0.1, 0.15) is 0 Å². The first-order valence-corrected chi connectivity index (χ1v) is 24.2. The summed E-state index contributed by atoms with van der Waals surface area (Å²) in [5, 5.41) is 0.372. The van der Waals surface area contributed by atoms with Crippen molar-refractivity contribution >= 4 is 26.1 Å². The zero-order valence-electron chi connectivity index (χ0n) is 39.4. The number of hydrogen-bond donors (Lipinski definition) is 3. The van der Waals surface area contributed by atoms with Crippen molar-refractivity contribution < 1.29 is 28.0 Å². The van der Waals surface area contributed by atoms with Gasteiger partial charge in [-0.25, -0.2) is 0 Å². The summed E-state index contributed by atoms with van der Waals surface area (Å²) in [7, 11) is -10.9. The van der Waals surface area contributed by atoms with Crippen LogP contribution in [0.3, 0.4) is 0 Å². The second kappa shape index (κ2) is 15.3. The van der Waals surface area contributed by atoms with Crippen molar-refractivity contribution in [3.63, 3.8) is 0 Å². The van der Waals surface area contributed by atoms with Gasteiger partial charge in [0, 0.05) is 0 Å². The van der Waals surface area contributed by atoms with Crippen LogP contribution in [0.1, 0.15) is 169 Å². The van der Waals surface area contributed by atoms with Crippen molar-refractivity contribution in [2.24, 2.45) is 0 Å². The molecule has 0 aliphatic heterocycles. The fourth-order valence-corrected chi connectivity index (χ4v) is 13.2. The molecule has 0 heterocycles. The van der Waals surface area contributed by atoms with Crippen molar-refractivity contribution in [2.45, 2.75) is 171 Å². The average Bonchev–Trinajstić information content (AvgIpc) is 3.03. The summed E-state index contributed by atoms with van der Waals surface area (Å²) in [5.74, 6) is 0.658. The monoisotopic (exact) mass is 834 g/mol. The molecule has 0 spiro atoms. The molecular formula is C50H75O6P2+. The molecule has 4 rings (SSSR count). The van der Waals surface area contributed by atoms with Crippen molar-refractivity contribution in [1.29, 1.82) is 0 Å². The van der Waals surface area contributed by atoms with E-state index in [0.29, 0.717) is 22.6 Å². The first-order valence-electron chi connectivity index (χ1n) is 20.6. The third-order valence-electron chi connectivity index (χ3n) is 10.8. The first-order chi connectivity index (χ1) is 25.9. The van der Waals surface area contributed by atoms with Gasteiger partial charge in [0.15, 0.2) is 0 Å². The van der Waals surface area contributed by atoms with Gasteiger partial charge in [-0.2, -0.15) is 0 Å². The van der Waals surface area contributed by atoms with E-state index < -0.39 is 37.1 Å². The molecule has 0 saturated heterocycles. The second-order valence-electron chi connectivity index (χ2n) is 22.6. The minimum atomic E-state index is -6.06. The Hall–Kier alpha value is -2.82. The molecule has 0 bridgehead atoms. The van der Waals surface area contributed by atoms with Gasteiger partial charge in [-0.1, -0.05) is 0 Å². The predicted molar refractivity (Wildman–Crippen MR) is 250 cm³/mol. The molecule has 0 saturated carbocycles. The number of hydrogen-bond acceptors (Lipinski definition) is 6. The molecule has 0 fully saturated rings. The minimum absolute atomic E-state index is 0.186. The van der Waals surface area contributed by atoms with E-state index in [9.17, 15) is 14.7 Å². The molecular weight excluding hydrogens is 758 g/mol. The van der Waals surface area contributed by atoms with E-state index in [-0.39, 0.29) is 21.4 Å². The van der Waals surface area contributed by atoms with Gasteiger partial charge in [0.25, 0.3) is 0 Å². The molecule has 8 heteroatoms. The van der Waals surface area contributed by atoms with Gasteiger partial charge < -0.3 is 0 Å². The Morgan fingerprint density at radius 3 is 1.00 bits per heavy atom. The van der Waals surface area contributed by atoms with Crippen molar-refractivity contribution in [1.82, 2.24) is 0 Å². The van der Waals surface area contributed by atoms with E-state index in [1.165, 1.54) is 0 Å². The molecule has 320 valence electrons. The number of benzene rings is 4. The zero-order chi connectivity index (χ0) is 44.5. The van der Waals surface area contributed by atoms with Crippen LogP contribution in [0.2, 0.25) is 0 Å². The first kappa shape index (κ1) is 47.9. The van der Waals surface area contributed by atoms with Crippen LogP contribution in [-0.2, 0) is 36.8 Å². The van der Waals surface area contributed by atoms with Crippen molar-refractivity contribution in [3.8, 4) is 11.5 Å². The van der Waals surface area contributed by atoms with Crippen LogP contribution in [0.5, 0.6) is 11.5 Å². The second-order valence-corrected chi connectivity index (χ2v) is 27.5. The summed E-state index contributed by atoms with van der Waals surface area (Å²) in [6, 6.07) is 23.0. The summed E-state index contributed by atoms with van der Waals surface area (Å²) >= 11 is 0. The summed E-state index contributed by atoms with van der Waals surface area (Å²) in [5.41, 5.74) is 4.58. The zero-order valence-corrected chi connectivity index (χ0v) is 41.2. The Bertz CT molecular complexity index is 2000. The average molecular weight is 834 g/mol. The molecule has 0 aromatic heterocycles. The molecule has 0 atom stereocenters. The SMILES string of the molecule is Cc1ccc(O[P+](O)(Oc2ccc(C)cc2C(C)(C)C)OP(O)(O)(c2ccc(C(C)(C)C)cc2C(C)(C)C)c2ccc(C(C)(C)C)cc2C(C)(C)C)c(C(C)(C)C)c1. The molecule has 58 heavy (non-hydrogen) atoms. The molecule has 0 amide bonds. The Labute approximate surface area is 352 Å². The van der Waals surface area contributed by atoms with Crippen LogP contribution in [0, 0.1) is 13.8 Å². The molecule has 6 nitrogen and oxygen atoms in total. The summed E-state index contributed by atoms with van der Waals surface area (Å²) in [6.07, 6.45) is 0. The molecule has 4 aromatic carbocycles. The molecule has 3 N–H and O–H groups in total. The molecule has 0 unspecified atom stereocenters. The van der Waals surface area contributed by atoms with Gasteiger partial charge in [-0.15, -0.1) is 0 Å². The Kier molecular flexibility index (Phi) is 12.6. The Morgan fingerprint density at radius 1 is 0.414 bits per heavy atom. The van der Waals surface area contributed by atoms with Crippen LogP contribution in [0.25, 0.3) is 0 Å². The molecule has 4 aromatic rings. The van der Waals surface area contributed by atoms with Crippen LogP contribution < -0.4 is 19.7 Å². The van der Waals surface area contributed by atoms with Gasteiger partial charge in [0.2, 0.25) is 0 Å². The fraction of sp³-hybridized carbons (Fsp3) is 0.520. The number of rotatable bonds is 8. The quantitative estimate of drug-likeness (QED) is 0.153. The number of aryl methyl sites for hydroxylation is 2. The maximum absolute atomic E-state index is 14.1. The van der Waals surface area contributed by atoms with Gasteiger partial charge in [-0.05, 0) is 0 Å². The van der Waals surface area contributed by atoms with Crippen LogP contribution in [0.15, 0.2) is 72.8 Å². The van der Waals surface area contributed by atoms with Crippen LogP contribution in [0.4, 0.5) is 0 Å². The molecule has 0 aliphatic rings. The Balaban J connectivity index is 2.26. The fourth-order valence-electron chi connectivity index (χ4n) is 7.24. The van der Waals surface area contributed by atoms with E-state index in [1.807, 2.05) is 50.2 Å². The van der Waals surface area contributed by atoms with E-state index in [0.717, 1.165) is 33.4 Å². The topological polar surface area (TPSA) is 88.4 Å². The third-order valence-corrected chi connectivity index (χ3v) is 16.2. The van der Waals surface area contributed by atoms with E-state index in [1.54, 1.807) is 24.3 Å². The molecule has 0 radical (unpaired) electrons. The standard InChI is InChI=1S/C50H75O6P2/c1-33-21-25-41(37(29-33)47(9,10)11)54-57(51,55-42-26-22-34(2)30-38(42)48(12,13)14)56-58(52,53,43-27-23-35(45(3,4)5)31-39(43)49(15,16)17)44-28-24-36(46(6,7)8)32-40(44)50(18,19)20/h21-32,51-53H,1-20H3/q+1. The Morgan fingerprint density at radius 2 is 0.724 bits per heavy atom. The van der Waals surface area contributed by atoms with Gasteiger partial charge in [0.05, 0.1) is 0 Å². The van der Waals surface area contributed by atoms with E-state index in [4.69, 9.17) is 13.4 Å². The third kappa shape index (κ3) is 10.4. The van der Waals surface area contributed by atoms with E-state index >= 15 is 0 Å². The summed E-state index contributed by atoms with van der Waals surface area (Å²) in [4.78, 5) is 41.6. The normalized spacial score (nSPS) is 14.6. The van der Waals surface area contributed by atoms with Crippen molar-refractivity contribution in [3.05, 3.63) is 117 Å². The van der Waals surface area contributed by atoms with Crippen LogP contribution in [-0.4, -0.2) is 14.7 Å². The van der Waals surface area contributed by atoms with Crippen LogP contribution >= 0.6 is 15.5 Å². The molecule has 0 aliphatic carbocycles. The van der Waals surface area contributed by atoms with Gasteiger partial charge in [-0.3, -0.25) is 0 Å². The maximum atomic E-state index is 14.1. The summed E-state index contributed by atoms with van der Waals surface area (Å²) < 4.78 is 20.5. The van der Waals surface area contributed by atoms with E-state index in [2.05, 4.69) is 137 Å². The van der Waals surface area contributed by atoms with Crippen molar-refractivity contribution in [2.75, 3.05) is 0 Å².